The van der Waals surface area contributed by atoms with Crippen LogP contribution in [0.5, 0.6) is 11.5 Å². The van der Waals surface area contributed by atoms with Gasteiger partial charge in [0.15, 0.2) is 0 Å². The Labute approximate surface area is 125 Å². The first-order valence-electron chi connectivity index (χ1n) is 7.14. The lowest BCUT2D eigenvalue weighted by Gasteiger charge is -2.10. The third-order valence-electron chi connectivity index (χ3n) is 2.94. The molecule has 0 bridgehead atoms. The van der Waals surface area contributed by atoms with Crippen molar-refractivity contribution in [3.8, 4) is 11.5 Å². The van der Waals surface area contributed by atoms with Crippen molar-refractivity contribution in [1.82, 2.24) is 0 Å². The maximum Gasteiger partial charge on any atom is 0.122 e. The number of hydrogen-bond acceptors (Lipinski definition) is 4. The zero-order chi connectivity index (χ0) is 14.9. The number of ether oxygens (including phenoxy) is 2. The molecule has 2 aromatic rings. The topological polar surface area (TPSA) is 56.5 Å². The fourth-order valence-electron chi connectivity index (χ4n) is 1.91. The van der Waals surface area contributed by atoms with Crippen LogP contribution in [-0.2, 0) is 0 Å². The normalized spacial score (nSPS) is 10.2. The van der Waals surface area contributed by atoms with Crippen LogP contribution < -0.4 is 20.5 Å². The Morgan fingerprint density at radius 1 is 0.952 bits per heavy atom. The van der Waals surface area contributed by atoms with Crippen molar-refractivity contribution >= 4 is 5.69 Å². The summed E-state index contributed by atoms with van der Waals surface area (Å²) in [4.78, 5) is 0. The highest BCUT2D eigenvalue weighted by Gasteiger charge is 1.97. The van der Waals surface area contributed by atoms with Crippen LogP contribution in [0, 0.1) is 6.92 Å². The Morgan fingerprint density at radius 2 is 1.67 bits per heavy atom. The predicted octanol–water partition coefficient (Wildman–Crippen LogP) is 2.82. The summed E-state index contributed by atoms with van der Waals surface area (Å²) < 4.78 is 11.3. The van der Waals surface area contributed by atoms with E-state index in [1.807, 2.05) is 55.5 Å². The van der Waals surface area contributed by atoms with Gasteiger partial charge in [0.25, 0.3) is 0 Å². The van der Waals surface area contributed by atoms with Crippen molar-refractivity contribution in [2.75, 3.05) is 31.6 Å². The highest BCUT2D eigenvalue weighted by molar-refractivity contribution is 5.46. The summed E-state index contributed by atoms with van der Waals surface area (Å²) >= 11 is 0. The second-order valence-corrected chi connectivity index (χ2v) is 4.75. The van der Waals surface area contributed by atoms with Crippen molar-refractivity contribution in [2.45, 2.75) is 6.92 Å². The molecule has 21 heavy (non-hydrogen) atoms. The molecule has 0 radical (unpaired) electrons. The van der Waals surface area contributed by atoms with Gasteiger partial charge in [-0.25, -0.2) is 0 Å². The average molecular weight is 286 g/mol. The number of rotatable bonds is 8. The van der Waals surface area contributed by atoms with Gasteiger partial charge in [-0.15, -0.1) is 0 Å². The molecule has 4 heteroatoms. The van der Waals surface area contributed by atoms with Crippen molar-refractivity contribution in [3.05, 3.63) is 54.1 Å². The molecule has 4 nitrogen and oxygen atoms in total. The lowest BCUT2D eigenvalue weighted by molar-refractivity contribution is 0.217. The third kappa shape index (κ3) is 5.36. The third-order valence-corrected chi connectivity index (χ3v) is 2.94. The number of hydrogen-bond donors (Lipinski definition) is 2. The first-order chi connectivity index (χ1) is 10.3. The van der Waals surface area contributed by atoms with Crippen LogP contribution in [0.3, 0.4) is 0 Å². The van der Waals surface area contributed by atoms with Crippen molar-refractivity contribution in [3.63, 3.8) is 0 Å². The van der Waals surface area contributed by atoms with E-state index in [2.05, 4.69) is 5.32 Å². The highest BCUT2D eigenvalue weighted by Crippen LogP contribution is 2.16. The van der Waals surface area contributed by atoms with Gasteiger partial charge in [-0.05, 0) is 48.9 Å². The summed E-state index contributed by atoms with van der Waals surface area (Å²) in [5.74, 6) is 1.71. The van der Waals surface area contributed by atoms with E-state index in [1.165, 1.54) is 5.56 Å². The molecule has 0 saturated heterocycles. The van der Waals surface area contributed by atoms with Crippen molar-refractivity contribution in [2.24, 2.45) is 5.73 Å². The molecule has 2 aromatic carbocycles. The molecule has 0 heterocycles. The zero-order valence-electron chi connectivity index (χ0n) is 12.3. The smallest absolute Gasteiger partial charge is 0.122 e. The van der Waals surface area contributed by atoms with Crippen LogP contribution in [0.4, 0.5) is 5.69 Å². The first kappa shape index (κ1) is 15.2. The Morgan fingerprint density at radius 3 is 2.33 bits per heavy atom. The Bertz CT molecular complexity index is 541. The lowest BCUT2D eigenvalue weighted by Crippen LogP contribution is -2.13. The maximum absolute atomic E-state index is 5.64. The molecule has 0 saturated carbocycles. The molecule has 112 valence electrons. The Hall–Kier alpha value is -2.20. The van der Waals surface area contributed by atoms with Gasteiger partial charge in [0, 0.05) is 18.8 Å². The molecule has 0 unspecified atom stereocenters. The van der Waals surface area contributed by atoms with E-state index in [-0.39, 0.29) is 0 Å². The van der Waals surface area contributed by atoms with Gasteiger partial charge in [-0.1, -0.05) is 12.1 Å². The maximum atomic E-state index is 5.64. The van der Waals surface area contributed by atoms with Crippen LogP contribution in [0.25, 0.3) is 0 Å². The van der Waals surface area contributed by atoms with Gasteiger partial charge in [0.2, 0.25) is 0 Å². The number of nitrogens with one attached hydrogen (secondary N) is 1. The Balaban J connectivity index is 1.71. The fraction of sp³-hybridized carbons (Fsp3) is 0.294. The molecule has 0 aliphatic rings. The monoisotopic (exact) mass is 286 g/mol. The van der Waals surface area contributed by atoms with Crippen LogP contribution in [-0.4, -0.2) is 26.3 Å². The fourth-order valence-corrected chi connectivity index (χ4v) is 1.91. The number of benzene rings is 2. The molecule has 2 rings (SSSR count). The van der Waals surface area contributed by atoms with Crippen LogP contribution in [0.15, 0.2) is 48.5 Å². The van der Waals surface area contributed by atoms with E-state index in [4.69, 9.17) is 15.2 Å². The molecule has 0 amide bonds. The summed E-state index contributed by atoms with van der Waals surface area (Å²) in [6.45, 7) is 4.48. The van der Waals surface area contributed by atoms with Gasteiger partial charge >= 0.3 is 0 Å². The summed E-state index contributed by atoms with van der Waals surface area (Å²) in [5, 5.41) is 3.21. The Kier molecular flexibility index (Phi) is 5.91. The largest absolute Gasteiger partial charge is 0.490 e. The van der Waals surface area contributed by atoms with Crippen LogP contribution in [0.1, 0.15) is 5.56 Å². The number of anilines is 1. The SMILES string of the molecule is Cc1cccc(OCCOc2ccc(NCCN)cc2)c1. The number of aryl methyl sites for hydroxylation is 1. The van der Waals surface area contributed by atoms with Crippen LogP contribution >= 0.6 is 0 Å². The highest BCUT2D eigenvalue weighted by atomic mass is 16.5. The second-order valence-electron chi connectivity index (χ2n) is 4.75. The van der Waals surface area contributed by atoms with Gasteiger partial charge in [0.05, 0.1) is 0 Å². The quantitative estimate of drug-likeness (QED) is 0.733. The summed E-state index contributed by atoms with van der Waals surface area (Å²) in [6.07, 6.45) is 0. The second kappa shape index (κ2) is 8.17. The average Bonchev–Trinajstić information content (AvgIpc) is 2.51. The minimum atomic E-state index is 0.517. The summed E-state index contributed by atoms with van der Waals surface area (Å²) in [7, 11) is 0. The molecule has 0 aliphatic heterocycles. The lowest BCUT2D eigenvalue weighted by atomic mass is 10.2. The van der Waals surface area contributed by atoms with E-state index >= 15 is 0 Å². The zero-order valence-corrected chi connectivity index (χ0v) is 12.3. The molecule has 0 spiro atoms. The molecule has 0 aliphatic carbocycles. The molecule has 3 N–H and O–H groups in total. The standard InChI is InChI=1S/C17H22N2O2/c1-14-3-2-4-17(13-14)21-12-11-20-16-7-5-15(6-8-16)19-10-9-18/h2-8,13,19H,9-12,18H2,1H3. The van der Waals surface area contributed by atoms with Crippen LogP contribution in [0.2, 0.25) is 0 Å². The minimum Gasteiger partial charge on any atom is -0.490 e. The molecule has 0 fully saturated rings. The van der Waals surface area contributed by atoms with E-state index in [0.717, 1.165) is 23.7 Å². The van der Waals surface area contributed by atoms with Gasteiger partial charge < -0.3 is 20.5 Å². The van der Waals surface area contributed by atoms with Gasteiger partial charge in [0.1, 0.15) is 24.7 Å². The van der Waals surface area contributed by atoms with E-state index in [9.17, 15) is 0 Å². The predicted molar refractivity (Wildman–Crippen MR) is 86.2 cm³/mol. The van der Waals surface area contributed by atoms with E-state index in [1.54, 1.807) is 0 Å². The molecule has 0 aromatic heterocycles. The van der Waals surface area contributed by atoms with E-state index < -0.39 is 0 Å². The molecule has 0 atom stereocenters. The number of nitrogens with two attached hydrogens (primary N) is 1. The summed E-state index contributed by atoms with van der Waals surface area (Å²) in [5.41, 5.74) is 7.68. The van der Waals surface area contributed by atoms with E-state index in [0.29, 0.717) is 19.8 Å². The van der Waals surface area contributed by atoms with Crippen molar-refractivity contribution < 1.29 is 9.47 Å². The van der Waals surface area contributed by atoms with Gasteiger partial charge in [-0.2, -0.15) is 0 Å². The first-order valence-corrected chi connectivity index (χ1v) is 7.14. The van der Waals surface area contributed by atoms with Gasteiger partial charge in [-0.3, -0.25) is 0 Å². The van der Waals surface area contributed by atoms with Crippen molar-refractivity contribution in [1.29, 1.82) is 0 Å². The summed E-state index contributed by atoms with van der Waals surface area (Å²) in [6, 6.07) is 15.8. The minimum absolute atomic E-state index is 0.517. The molecular weight excluding hydrogens is 264 g/mol. The molecular formula is C17H22N2O2.